The van der Waals surface area contributed by atoms with Crippen LogP contribution in [-0.2, 0) is 4.79 Å². The molecule has 1 aromatic heterocycles. The van der Waals surface area contributed by atoms with E-state index >= 15 is 0 Å². The number of rotatable bonds is 11. The number of aromatic nitrogens is 1. The molecule has 2 fully saturated rings. The average molecular weight is 501 g/mol. The summed E-state index contributed by atoms with van der Waals surface area (Å²) < 4.78 is 5.40. The first-order valence-electron chi connectivity index (χ1n) is 13.1. The minimum absolute atomic E-state index is 0.175. The van der Waals surface area contributed by atoms with E-state index in [1.165, 1.54) is 31.4 Å². The van der Waals surface area contributed by atoms with Crippen LogP contribution in [0.1, 0.15) is 75.0 Å². The molecule has 0 spiro atoms. The number of ether oxygens (including phenoxy) is 1. The number of aliphatic carboxylic acids is 1. The lowest BCUT2D eigenvalue weighted by Gasteiger charge is -2.41. The normalized spacial score (nSPS) is 19.7. The number of likely N-dealkylation sites (tertiary alicyclic amines) is 1. The lowest BCUT2D eigenvalue weighted by molar-refractivity contribution is -0.141. The third-order valence-corrected chi connectivity index (χ3v) is 9.46. The molecule has 4 rings (SSSR count). The fourth-order valence-corrected chi connectivity index (χ4v) is 7.30. The zero-order chi connectivity index (χ0) is 24.8. The number of benzene rings is 1. The van der Waals surface area contributed by atoms with Crippen molar-refractivity contribution in [3.8, 4) is 5.75 Å². The quantitative estimate of drug-likeness (QED) is 0.416. The Balaban J connectivity index is 1.39. The van der Waals surface area contributed by atoms with E-state index in [4.69, 9.17) is 4.74 Å². The summed E-state index contributed by atoms with van der Waals surface area (Å²) in [4.78, 5) is 18.8. The van der Waals surface area contributed by atoms with Crippen LogP contribution in [0.4, 0.5) is 0 Å². The maximum atomic E-state index is 11.8. The summed E-state index contributed by atoms with van der Waals surface area (Å²) in [5.41, 5.74) is 2.39. The molecule has 1 aliphatic heterocycles. The molecule has 1 atom stereocenters. The van der Waals surface area contributed by atoms with E-state index in [1.54, 1.807) is 7.11 Å². The van der Waals surface area contributed by atoms with Crippen molar-refractivity contribution >= 4 is 28.6 Å². The predicted molar refractivity (Wildman–Crippen MR) is 142 cm³/mol. The number of fused-ring (bicyclic) bond motifs is 1. The van der Waals surface area contributed by atoms with Crippen molar-refractivity contribution in [3.05, 3.63) is 35.5 Å². The van der Waals surface area contributed by atoms with Crippen molar-refractivity contribution in [2.75, 3.05) is 32.5 Å². The van der Waals surface area contributed by atoms with Crippen molar-refractivity contribution in [1.29, 1.82) is 0 Å². The number of methoxy groups -OCH3 is 1. The Hall–Kier alpha value is -1.83. The first kappa shape index (κ1) is 26.2. The van der Waals surface area contributed by atoms with Crippen LogP contribution in [0.5, 0.6) is 5.75 Å². The highest BCUT2D eigenvalue weighted by Crippen LogP contribution is 2.42. The number of nitrogens with zero attached hydrogens (tertiary/aromatic N) is 2. The average Bonchev–Trinajstić information content (AvgIpc) is 3.36. The number of carboxylic acid groups (broad SMARTS) is 1. The van der Waals surface area contributed by atoms with Gasteiger partial charge in [0, 0.05) is 29.1 Å². The van der Waals surface area contributed by atoms with E-state index in [0.29, 0.717) is 12.8 Å². The van der Waals surface area contributed by atoms with Gasteiger partial charge in [-0.3, -0.25) is 9.78 Å². The van der Waals surface area contributed by atoms with Crippen molar-refractivity contribution < 1.29 is 19.7 Å². The van der Waals surface area contributed by atoms with E-state index in [1.807, 2.05) is 31.3 Å². The Morgan fingerprint density at radius 1 is 1.29 bits per heavy atom. The Morgan fingerprint density at radius 2 is 2.03 bits per heavy atom. The van der Waals surface area contributed by atoms with E-state index in [9.17, 15) is 15.0 Å². The number of aliphatic hydroxyl groups is 1. The van der Waals surface area contributed by atoms with Gasteiger partial charge >= 0.3 is 5.97 Å². The molecule has 2 heterocycles. The number of pyridine rings is 1. The van der Waals surface area contributed by atoms with Crippen LogP contribution in [0, 0.1) is 12.3 Å². The monoisotopic (exact) mass is 500 g/mol. The minimum atomic E-state index is -0.736. The first-order chi connectivity index (χ1) is 16.9. The molecule has 1 aliphatic carbocycles. The Kier molecular flexibility index (Phi) is 8.95. The van der Waals surface area contributed by atoms with Gasteiger partial charge in [-0.2, -0.15) is 11.8 Å². The molecule has 1 unspecified atom stereocenters. The number of aryl methyl sites for hydroxylation is 1. The van der Waals surface area contributed by atoms with Gasteiger partial charge in [-0.05, 0) is 93.3 Å². The van der Waals surface area contributed by atoms with Crippen LogP contribution >= 0.6 is 11.8 Å². The molecule has 2 aromatic rings. The third kappa shape index (κ3) is 6.69. The molecular formula is C28H40N2O4S. The van der Waals surface area contributed by atoms with Gasteiger partial charge in [0.1, 0.15) is 5.75 Å². The number of thioether (sulfide) groups is 1. The molecule has 2 aliphatic rings. The second-order valence-corrected chi connectivity index (χ2v) is 11.9. The number of hydrogen-bond donors (Lipinski definition) is 2. The molecule has 35 heavy (non-hydrogen) atoms. The fourth-order valence-electron chi connectivity index (χ4n) is 5.94. The number of carbonyl (C=O) groups is 1. The second-order valence-electron chi connectivity index (χ2n) is 10.5. The van der Waals surface area contributed by atoms with E-state index < -0.39 is 12.1 Å². The fraction of sp³-hybridized carbons (Fsp3) is 0.643. The highest BCUT2D eigenvalue weighted by atomic mass is 32.2. The molecule has 0 amide bonds. The van der Waals surface area contributed by atoms with Crippen LogP contribution in [-0.4, -0.2) is 63.8 Å². The van der Waals surface area contributed by atoms with Gasteiger partial charge in [0.15, 0.2) is 0 Å². The van der Waals surface area contributed by atoms with Crippen LogP contribution < -0.4 is 4.74 Å². The Labute approximate surface area is 213 Å². The van der Waals surface area contributed by atoms with Gasteiger partial charge in [-0.1, -0.05) is 12.8 Å². The number of piperidine rings is 1. The molecule has 7 heteroatoms. The first-order valence-corrected chi connectivity index (χ1v) is 14.1. The summed E-state index contributed by atoms with van der Waals surface area (Å²) in [7, 11) is 1.63. The minimum Gasteiger partial charge on any atom is -0.497 e. The zero-order valence-corrected chi connectivity index (χ0v) is 22.0. The topological polar surface area (TPSA) is 82.9 Å². The smallest absolute Gasteiger partial charge is 0.303 e. The molecule has 192 valence electrons. The highest BCUT2D eigenvalue weighted by molar-refractivity contribution is 7.99. The summed E-state index contributed by atoms with van der Waals surface area (Å²) in [6.45, 7) is 4.96. The van der Waals surface area contributed by atoms with E-state index in [-0.39, 0.29) is 11.8 Å². The molecule has 1 aromatic carbocycles. The lowest BCUT2D eigenvalue weighted by Crippen LogP contribution is -2.42. The highest BCUT2D eigenvalue weighted by Gasteiger charge is 2.37. The van der Waals surface area contributed by atoms with Gasteiger partial charge < -0.3 is 19.8 Å². The van der Waals surface area contributed by atoms with Gasteiger partial charge in [-0.25, -0.2) is 0 Å². The van der Waals surface area contributed by atoms with Crippen molar-refractivity contribution in [2.24, 2.45) is 5.41 Å². The van der Waals surface area contributed by atoms with Gasteiger partial charge in [-0.15, -0.1) is 0 Å². The van der Waals surface area contributed by atoms with Crippen LogP contribution in [0.3, 0.4) is 0 Å². The molecule has 1 saturated carbocycles. The summed E-state index contributed by atoms with van der Waals surface area (Å²) in [5.74, 6) is 1.17. The van der Waals surface area contributed by atoms with E-state index in [2.05, 4.69) is 21.6 Å². The SMILES string of the molecule is COc1ccc2ncc(C)c(C(O)CCC3(CC(=O)O)CCN(CCSC4CCCC4)CC3)c2c1. The van der Waals surface area contributed by atoms with Crippen molar-refractivity contribution in [2.45, 2.75) is 76.1 Å². The van der Waals surface area contributed by atoms with Crippen molar-refractivity contribution in [1.82, 2.24) is 9.88 Å². The van der Waals surface area contributed by atoms with Crippen LogP contribution in [0.15, 0.2) is 24.4 Å². The molecular weight excluding hydrogens is 460 g/mol. The molecule has 2 N–H and O–H groups in total. The maximum Gasteiger partial charge on any atom is 0.303 e. The summed E-state index contributed by atoms with van der Waals surface area (Å²) in [5, 5.41) is 22.7. The lowest BCUT2D eigenvalue weighted by atomic mass is 9.71. The molecule has 0 radical (unpaired) electrons. The molecule has 1 saturated heterocycles. The number of aliphatic hydroxyl groups excluding tert-OH is 1. The standard InChI is InChI=1S/C28H40N2O4S/c1-20-19-29-24-8-7-21(34-2)17-23(24)27(20)25(31)9-10-28(18-26(32)33)11-13-30(14-12-28)15-16-35-22-5-3-4-6-22/h7-8,17,19,22,25,31H,3-6,9-16,18H2,1-2H3,(H,32,33). The largest absolute Gasteiger partial charge is 0.497 e. The summed E-state index contributed by atoms with van der Waals surface area (Å²) >= 11 is 2.12. The van der Waals surface area contributed by atoms with Crippen LogP contribution in [0.2, 0.25) is 0 Å². The Morgan fingerprint density at radius 3 is 2.71 bits per heavy atom. The van der Waals surface area contributed by atoms with Gasteiger partial charge in [0.25, 0.3) is 0 Å². The van der Waals surface area contributed by atoms with Gasteiger partial charge in [0.05, 0.1) is 25.2 Å². The van der Waals surface area contributed by atoms with E-state index in [0.717, 1.165) is 65.5 Å². The predicted octanol–water partition coefficient (Wildman–Crippen LogP) is 5.60. The molecule has 6 nitrogen and oxygen atoms in total. The summed E-state index contributed by atoms with van der Waals surface area (Å²) in [6, 6.07) is 5.72. The summed E-state index contributed by atoms with van der Waals surface area (Å²) in [6.07, 6.45) is 9.83. The number of hydrogen-bond acceptors (Lipinski definition) is 6. The van der Waals surface area contributed by atoms with Gasteiger partial charge in [0.2, 0.25) is 0 Å². The van der Waals surface area contributed by atoms with Crippen molar-refractivity contribution in [3.63, 3.8) is 0 Å². The maximum absolute atomic E-state index is 11.8. The zero-order valence-electron chi connectivity index (χ0n) is 21.2. The second kappa shape index (κ2) is 11.9. The molecule has 0 bridgehead atoms. The Bertz CT molecular complexity index is 1000. The van der Waals surface area contributed by atoms with Crippen LogP contribution in [0.25, 0.3) is 10.9 Å². The number of carboxylic acids is 1. The third-order valence-electron chi connectivity index (χ3n) is 8.10.